The van der Waals surface area contributed by atoms with Crippen molar-refractivity contribution in [3.63, 3.8) is 0 Å². The molecule has 1 unspecified atom stereocenters. The third-order valence-corrected chi connectivity index (χ3v) is 3.23. The van der Waals surface area contributed by atoms with Gasteiger partial charge >= 0.3 is 0 Å². The first-order valence-corrected chi connectivity index (χ1v) is 7.29. The van der Waals surface area contributed by atoms with Crippen molar-refractivity contribution in [2.24, 2.45) is 0 Å². The average molecular weight is 279 g/mol. The van der Waals surface area contributed by atoms with Gasteiger partial charge in [0, 0.05) is 6.04 Å². The number of aliphatic hydroxyl groups excluding tert-OH is 1. The van der Waals surface area contributed by atoms with Crippen LogP contribution in [-0.4, -0.2) is 29.9 Å². The molecule has 20 heavy (non-hydrogen) atoms. The van der Waals surface area contributed by atoms with E-state index in [9.17, 15) is 5.11 Å². The van der Waals surface area contributed by atoms with E-state index in [4.69, 9.17) is 4.74 Å². The van der Waals surface area contributed by atoms with E-state index in [0.29, 0.717) is 12.6 Å². The van der Waals surface area contributed by atoms with Gasteiger partial charge < -0.3 is 15.2 Å². The summed E-state index contributed by atoms with van der Waals surface area (Å²) in [6.07, 6.45) is 0. The van der Waals surface area contributed by atoms with Gasteiger partial charge in [0.25, 0.3) is 0 Å². The zero-order valence-electron chi connectivity index (χ0n) is 13.7. The molecule has 0 aliphatic rings. The van der Waals surface area contributed by atoms with Crippen LogP contribution >= 0.6 is 0 Å². The molecule has 0 amide bonds. The van der Waals surface area contributed by atoms with Crippen LogP contribution in [0.25, 0.3) is 0 Å². The fourth-order valence-electron chi connectivity index (χ4n) is 2.28. The Bertz CT molecular complexity index is 423. The van der Waals surface area contributed by atoms with E-state index in [1.54, 1.807) is 0 Å². The number of rotatable bonds is 6. The maximum absolute atomic E-state index is 9.60. The largest absolute Gasteiger partial charge is 0.491 e. The molecule has 0 spiro atoms. The number of nitrogens with one attached hydrogen (secondary N) is 1. The standard InChI is InChI=1S/C17H29NO2/c1-13(2)18-17(6,11-19)12-20-15-10-8-7-9-14(15)16(3,4)5/h7-10,13,18-19H,11-12H2,1-6H3. The molecule has 0 aliphatic heterocycles. The van der Waals surface area contributed by atoms with E-state index in [1.165, 1.54) is 5.56 Å². The number of ether oxygens (including phenoxy) is 1. The van der Waals surface area contributed by atoms with Crippen molar-refractivity contribution in [1.82, 2.24) is 5.32 Å². The molecule has 0 aromatic heterocycles. The van der Waals surface area contributed by atoms with E-state index in [1.807, 2.05) is 25.1 Å². The van der Waals surface area contributed by atoms with Crippen molar-refractivity contribution in [2.45, 2.75) is 58.5 Å². The molecule has 3 heteroatoms. The van der Waals surface area contributed by atoms with Gasteiger partial charge in [-0.3, -0.25) is 0 Å². The predicted octanol–water partition coefficient (Wildman–Crippen LogP) is 3.11. The highest BCUT2D eigenvalue weighted by Crippen LogP contribution is 2.31. The summed E-state index contributed by atoms with van der Waals surface area (Å²) in [6, 6.07) is 8.41. The maximum Gasteiger partial charge on any atom is 0.123 e. The fraction of sp³-hybridized carbons (Fsp3) is 0.647. The summed E-state index contributed by atoms with van der Waals surface area (Å²) in [4.78, 5) is 0. The molecule has 1 aromatic carbocycles. The lowest BCUT2D eigenvalue weighted by molar-refractivity contribution is 0.108. The first-order valence-electron chi connectivity index (χ1n) is 7.29. The number of benzene rings is 1. The summed E-state index contributed by atoms with van der Waals surface area (Å²) in [6.45, 7) is 13.1. The molecule has 0 aliphatic carbocycles. The van der Waals surface area contributed by atoms with Gasteiger partial charge in [-0.25, -0.2) is 0 Å². The molecule has 1 aromatic rings. The first kappa shape index (κ1) is 17.0. The first-order chi connectivity index (χ1) is 9.18. The minimum absolute atomic E-state index is 0.0394. The highest BCUT2D eigenvalue weighted by atomic mass is 16.5. The van der Waals surface area contributed by atoms with Gasteiger partial charge in [0.1, 0.15) is 12.4 Å². The molecule has 1 rings (SSSR count). The van der Waals surface area contributed by atoms with Crippen LogP contribution < -0.4 is 10.1 Å². The van der Waals surface area contributed by atoms with Gasteiger partial charge in [0.2, 0.25) is 0 Å². The quantitative estimate of drug-likeness (QED) is 0.840. The Hall–Kier alpha value is -1.06. The van der Waals surface area contributed by atoms with Gasteiger partial charge in [-0.05, 0) is 24.0 Å². The Kier molecular flexibility index (Phi) is 5.60. The summed E-state index contributed by atoms with van der Waals surface area (Å²) < 4.78 is 6.00. The number of aliphatic hydroxyl groups is 1. The molecule has 2 N–H and O–H groups in total. The van der Waals surface area contributed by atoms with Gasteiger partial charge in [-0.1, -0.05) is 52.8 Å². The molecular weight excluding hydrogens is 250 g/mol. The molecular formula is C17H29NO2. The van der Waals surface area contributed by atoms with E-state index < -0.39 is 5.54 Å². The summed E-state index contributed by atoms with van der Waals surface area (Å²) in [5, 5.41) is 13.0. The van der Waals surface area contributed by atoms with Crippen molar-refractivity contribution >= 4 is 0 Å². The van der Waals surface area contributed by atoms with Crippen LogP contribution in [0.15, 0.2) is 24.3 Å². The highest BCUT2D eigenvalue weighted by Gasteiger charge is 2.26. The lowest BCUT2D eigenvalue weighted by atomic mass is 9.86. The Balaban J connectivity index is 2.84. The molecule has 0 fully saturated rings. The summed E-state index contributed by atoms with van der Waals surface area (Å²) >= 11 is 0. The normalized spacial score (nSPS) is 15.2. The number of hydrogen-bond acceptors (Lipinski definition) is 3. The van der Waals surface area contributed by atoms with E-state index in [2.05, 4.69) is 46.0 Å². The Labute approximate surface area is 123 Å². The van der Waals surface area contributed by atoms with Crippen molar-refractivity contribution in [3.05, 3.63) is 29.8 Å². The monoisotopic (exact) mass is 279 g/mol. The second kappa shape index (κ2) is 6.59. The SMILES string of the molecule is CC(C)NC(C)(CO)COc1ccccc1C(C)(C)C. The van der Waals surface area contributed by atoms with Crippen LogP contribution in [0, 0.1) is 0 Å². The van der Waals surface area contributed by atoms with Crippen LogP contribution in [-0.2, 0) is 5.41 Å². The van der Waals surface area contributed by atoms with E-state index >= 15 is 0 Å². The van der Waals surface area contributed by atoms with Crippen LogP contribution in [0.4, 0.5) is 0 Å². The fourth-order valence-corrected chi connectivity index (χ4v) is 2.28. The zero-order valence-corrected chi connectivity index (χ0v) is 13.7. The molecule has 0 heterocycles. The van der Waals surface area contributed by atoms with Crippen LogP contribution in [0.1, 0.15) is 47.1 Å². The Morgan fingerprint density at radius 2 is 1.75 bits per heavy atom. The summed E-state index contributed by atoms with van der Waals surface area (Å²) in [5.41, 5.74) is 0.793. The topological polar surface area (TPSA) is 41.5 Å². The smallest absolute Gasteiger partial charge is 0.123 e. The van der Waals surface area contributed by atoms with Crippen LogP contribution in [0.2, 0.25) is 0 Å². The molecule has 0 saturated carbocycles. The highest BCUT2D eigenvalue weighted by molar-refractivity contribution is 5.38. The van der Waals surface area contributed by atoms with Crippen molar-refractivity contribution in [1.29, 1.82) is 0 Å². The number of hydrogen-bond donors (Lipinski definition) is 2. The predicted molar refractivity (Wildman–Crippen MR) is 84.4 cm³/mol. The zero-order chi connectivity index (χ0) is 15.4. The Morgan fingerprint density at radius 3 is 2.25 bits per heavy atom. The average Bonchev–Trinajstić information content (AvgIpc) is 2.35. The van der Waals surface area contributed by atoms with Crippen LogP contribution in [0.3, 0.4) is 0 Å². The van der Waals surface area contributed by atoms with Gasteiger partial charge in [-0.2, -0.15) is 0 Å². The molecule has 3 nitrogen and oxygen atoms in total. The second-order valence-corrected chi connectivity index (χ2v) is 7.05. The van der Waals surface area contributed by atoms with Gasteiger partial charge in [-0.15, -0.1) is 0 Å². The lowest BCUT2D eigenvalue weighted by Crippen LogP contribution is -2.53. The van der Waals surface area contributed by atoms with E-state index in [0.717, 1.165) is 5.75 Å². The minimum atomic E-state index is -0.431. The maximum atomic E-state index is 9.60. The van der Waals surface area contributed by atoms with Crippen molar-refractivity contribution < 1.29 is 9.84 Å². The summed E-state index contributed by atoms with van der Waals surface area (Å²) in [5.74, 6) is 0.894. The Morgan fingerprint density at radius 1 is 1.15 bits per heavy atom. The molecule has 114 valence electrons. The molecule has 0 saturated heterocycles. The van der Waals surface area contributed by atoms with E-state index in [-0.39, 0.29) is 12.0 Å². The lowest BCUT2D eigenvalue weighted by Gasteiger charge is -2.32. The second-order valence-electron chi connectivity index (χ2n) is 7.05. The minimum Gasteiger partial charge on any atom is -0.491 e. The van der Waals surface area contributed by atoms with Gasteiger partial charge in [0.15, 0.2) is 0 Å². The summed E-state index contributed by atoms with van der Waals surface area (Å²) in [7, 11) is 0. The van der Waals surface area contributed by atoms with Crippen molar-refractivity contribution in [2.75, 3.05) is 13.2 Å². The number of para-hydroxylation sites is 1. The molecule has 0 bridgehead atoms. The third kappa shape index (κ3) is 4.80. The molecule has 0 radical (unpaired) electrons. The van der Waals surface area contributed by atoms with Gasteiger partial charge in [0.05, 0.1) is 12.1 Å². The molecule has 1 atom stereocenters. The third-order valence-electron chi connectivity index (χ3n) is 3.23. The van der Waals surface area contributed by atoms with Crippen molar-refractivity contribution in [3.8, 4) is 5.75 Å². The van der Waals surface area contributed by atoms with Crippen LogP contribution in [0.5, 0.6) is 5.75 Å².